The predicted octanol–water partition coefficient (Wildman–Crippen LogP) is 5.88. The lowest BCUT2D eigenvalue weighted by Crippen LogP contribution is -2.38. The molecule has 37 heavy (non-hydrogen) atoms. The molecule has 0 atom stereocenters. The Hall–Kier alpha value is -3.74. The summed E-state index contributed by atoms with van der Waals surface area (Å²) in [6, 6.07) is 11.3. The first kappa shape index (κ1) is 27.8. The molecule has 198 valence electrons. The number of nitrogens with zero attached hydrogens (tertiary/aromatic N) is 1. The van der Waals surface area contributed by atoms with E-state index in [0.29, 0.717) is 28.1 Å². The predicted molar refractivity (Wildman–Crippen MR) is 124 cm³/mol. The number of hydrogen-bond acceptors (Lipinski definition) is 4. The van der Waals surface area contributed by atoms with Crippen molar-refractivity contribution >= 4 is 27.3 Å². The fourth-order valence-electron chi connectivity index (χ4n) is 3.42. The van der Waals surface area contributed by atoms with Gasteiger partial charge in [-0.05, 0) is 55.0 Å². The molecule has 0 unspecified atom stereocenters. The monoisotopic (exact) mass is 546 g/mol. The normalized spacial score (nSPS) is 12.2. The molecule has 3 aromatic carbocycles. The van der Waals surface area contributed by atoms with Crippen LogP contribution in [0.3, 0.4) is 0 Å². The molecule has 0 bridgehead atoms. The third-order valence-corrected chi connectivity index (χ3v) is 6.94. The summed E-state index contributed by atoms with van der Waals surface area (Å²) in [7, 11) is -3.57. The lowest BCUT2D eigenvalue weighted by atomic mass is 10.1. The van der Waals surface area contributed by atoms with E-state index in [9.17, 15) is 39.6 Å². The highest BCUT2D eigenvalue weighted by Gasteiger charge is 2.36. The topological polar surface area (TPSA) is 75.7 Å². The van der Waals surface area contributed by atoms with Gasteiger partial charge < -0.3 is 10.1 Å². The quantitative estimate of drug-likeness (QED) is 0.376. The van der Waals surface area contributed by atoms with Gasteiger partial charge in [0, 0.05) is 0 Å². The summed E-state index contributed by atoms with van der Waals surface area (Å²) in [4.78, 5) is 12.4. The van der Waals surface area contributed by atoms with Crippen LogP contribution in [0.5, 0.6) is 5.75 Å². The zero-order valence-electron chi connectivity index (χ0n) is 19.3. The number of methoxy groups -OCH3 is 1. The first-order valence-electron chi connectivity index (χ1n) is 10.5. The molecule has 0 fully saturated rings. The molecule has 0 saturated heterocycles. The number of aryl methyl sites for hydroxylation is 1. The van der Waals surface area contributed by atoms with Crippen molar-refractivity contribution in [3.63, 3.8) is 0 Å². The number of anilines is 2. The maximum absolute atomic E-state index is 13.6. The van der Waals surface area contributed by atoms with Crippen LogP contribution >= 0.6 is 0 Å². The van der Waals surface area contributed by atoms with Crippen LogP contribution in [0.1, 0.15) is 16.7 Å². The molecule has 3 aromatic rings. The van der Waals surface area contributed by atoms with Gasteiger partial charge in [0.15, 0.2) is 0 Å². The van der Waals surface area contributed by atoms with Gasteiger partial charge in [-0.25, -0.2) is 8.42 Å². The van der Waals surface area contributed by atoms with Crippen molar-refractivity contribution in [2.24, 2.45) is 0 Å². The van der Waals surface area contributed by atoms with E-state index >= 15 is 0 Å². The van der Waals surface area contributed by atoms with Crippen LogP contribution in [-0.4, -0.2) is 28.0 Å². The molecule has 6 nitrogen and oxygen atoms in total. The lowest BCUT2D eigenvalue weighted by molar-refractivity contribution is -0.138. The second-order valence-electron chi connectivity index (χ2n) is 7.81. The van der Waals surface area contributed by atoms with Gasteiger partial charge in [0.25, 0.3) is 10.0 Å². The van der Waals surface area contributed by atoms with Gasteiger partial charge >= 0.3 is 12.4 Å². The number of ether oxygens (including phenoxy) is 1. The largest absolute Gasteiger partial charge is 0.495 e. The molecule has 0 saturated carbocycles. The van der Waals surface area contributed by atoms with Gasteiger partial charge in [-0.2, -0.15) is 26.3 Å². The van der Waals surface area contributed by atoms with E-state index in [-0.39, 0.29) is 5.75 Å². The molecule has 0 heterocycles. The number of amides is 1. The highest BCUT2D eigenvalue weighted by Crippen LogP contribution is 2.36. The van der Waals surface area contributed by atoms with Gasteiger partial charge in [0.1, 0.15) is 17.2 Å². The first-order valence-corrected chi connectivity index (χ1v) is 11.9. The Morgan fingerprint density at radius 3 is 2.22 bits per heavy atom. The molecule has 3 rings (SSSR count). The number of rotatable bonds is 7. The molecule has 0 spiro atoms. The maximum atomic E-state index is 13.6. The Morgan fingerprint density at radius 2 is 1.59 bits per heavy atom. The van der Waals surface area contributed by atoms with Crippen LogP contribution in [0.15, 0.2) is 71.6 Å². The number of nitrogens with one attached hydrogen (secondary N) is 1. The van der Waals surface area contributed by atoms with Gasteiger partial charge in [-0.1, -0.05) is 24.3 Å². The van der Waals surface area contributed by atoms with Crippen LogP contribution < -0.4 is 14.4 Å². The molecule has 0 aliphatic heterocycles. The molecular formula is C24H20F6N2O4S. The summed E-state index contributed by atoms with van der Waals surface area (Å²) in [5, 5.41) is 2.01. The van der Waals surface area contributed by atoms with Crippen LogP contribution in [0.2, 0.25) is 0 Å². The number of alkyl halides is 6. The Balaban J connectivity index is 2.10. The number of benzene rings is 3. The molecule has 0 aliphatic rings. The highest BCUT2D eigenvalue weighted by atomic mass is 32.2. The summed E-state index contributed by atoms with van der Waals surface area (Å²) in [5.41, 5.74) is -3.08. The van der Waals surface area contributed by atoms with Crippen LogP contribution in [0, 0.1) is 6.92 Å². The molecule has 0 aromatic heterocycles. The SMILES string of the molecule is COc1ccc(C)cc1S(=O)(=O)N(CC(=O)Nc1ccccc1C(F)(F)F)c1cccc(C(F)(F)F)c1. The third kappa shape index (κ3) is 6.34. The first-order chi connectivity index (χ1) is 17.1. The van der Waals surface area contributed by atoms with Gasteiger partial charge in [0.2, 0.25) is 5.91 Å². The van der Waals surface area contributed by atoms with Crippen molar-refractivity contribution in [2.75, 3.05) is 23.3 Å². The van der Waals surface area contributed by atoms with E-state index in [1.165, 1.54) is 31.4 Å². The van der Waals surface area contributed by atoms with Crippen molar-refractivity contribution in [3.05, 3.63) is 83.4 Å². The standard InChI is InChI=1S/C24H20F6N2O4S/c1-15-10-11-20(36-2)21(12-15)37(34,35)32(17-7-5-6-16(13-17)23(25,26)27)14-22(33)31-19-9-4-3-8-18(19)24(28,29)30/h3-13H,14H2,1-2H3,(H,31,33). The number of para-hydroxylation sites is 1. The Morgan fingerprint density at radius 1 is 0.919 bits per heavy atom. The van der Waals surface area contributed by atoms with Crippen molar-refractivity contribution in [1.29, 1.82) is 0 Å². The maximum Gasteiger partial charge on any atom is 0.418 e. The smallest absolute Gasteiger partial charge is 0.418 e. The summed E-state index contributed by atoms with van der Waals surface area (Å²) >= 11 is 0. The third-order valence-electron chi connectivity index (χ3n) is 5.14. The van der Waals surface area contributed by atoms with E-state index < -0.39 is 62.2 Å². The summed E-state index contributed by atoms with van der Waals surface area (Å²) < 4.78 is 113. The lowest BCUT2D eigenvalue weighted by Gasteiger charge is -2.26. The van der Waals surface area contributed by atoms with Crippen LogP contribution in [0.4, 0.5) is 37.7 Å². The van der Waals surface area contributed by atoms with Crippen LogP contribution in [0.25, 0.3) is 0 Å². The Bertz CT molecular complexity index is 1400. The molecule has 0 aliphatic carbocycles. The number of carbonyl (C=O) groups excluding carboxylic acids is 1. The second-order valence-corrected chi connectivity index (χ2v) is 9.64. The van der Waals surface area contributed by atoms with Crippen molar-refractivity contribution in [2.45, 2.75) is 24.2 Å². The second kappa shape index (κ2) is 10.3. The number of carbonyl (C=O) groups is 1. The molecule has 1 amide bonds. The van der Waals surface area contributed by atoms with Gasteiger partial charge in [0.05, 0.1) is 29.6 Å². The zero-order valence-corrected chi connectivity index (χ0v) is 20.1. The molecule has 13 heteroatoms. The minimum atomic E-state index is -4.83. The fraction of sp³-hybridized carbons (Fsp3) is 0.208. The summed E-state index contributed by atoms with van der Waals surface area (Å²) in [5.74, 6) is -1.37. The van der Waals surface area contributed by atoms with Crippen LogP contribution in [-0.2, 0) is 27.2 Å². The van der Waals surface area contributed by atoms with E-state index in [2.05, 4.69) is 0 Å². The number of sulfonamides is 1. The van der Waals surface area contributed by atoms with Crippen molar-refractivity contribution in [1.82, 2.24) is 0 Å². The van der Waals surface area contributed by atoms with Gasteiger partial charge in [-0.3, -0.25) is 9.10 Å². The summed E-state index contributed by atoms with van der Waals surface area (Å²) in [6.07, 6.45) is -9.66. The summed E-state index contributed by atoms with van der Waals surface area (Å²) in [6.45, 7) is 0.431. The zero-order chi connectivity index (χ0) is 27.6. The van der Waals surface area contributed by atoms with E-state index in [0.717, 1.165) is 24.3 Å². The molecule has 1 N–H and O–H groups in total. The van der Waals surface area contributed by atoms with Crippen molar-refractivity contribution in [3.8, 4) is 5.75 Å². The molecular weight excluding hydrogens is 526 g/mol. The van der Waals surface area contributed by atoms with E-state index in [1.54, 1.807) is 6.92 Å². The highest BCUT2D eigenvalue weighted by molar-refractivity contribution is 7.93. The minimum absolute atomic E-state index is 0.148. The fourth-order valence-corrected chi connectivity index (χ4v) is 5.07. The number of hydrogen-bond donors (Lipinski definition) is 1. The van der Waals surface area contributed by atoms with E-state index in [1.807, 2.05) is 5.32 Å². The Kier molecular flexibility index (Phi) is 7.77. The average Bonchev–Trinajstić information content (AvgIpc) is 2.81. The molecule has 0 radical (unpaired) electrons. The Labute approximate surface area is 208 Å². The van der Waals surface area contributed by atoms with Crippen molar-refractivity contribution < 1.29 is 44.3 Å². The minimum Gasteiger partial charge on any atom is -0.495 e. The van der Waals surface area contributed by atoms with Gasteiger partial charge in [-0.15, -0.1) is 0 Å². The number of halogens is 6. The average molecular weight is 546 g/mol. The van der Waals surface area contributed by atoms with E-state index in [4.69, 9.17) is 4.74 Å².